The van der Waals surface area contributed by atoms with Gasteiger partial charge in [0.25, 0.3) is 11.2 Å². The van der Waals surface area contributed by atoms with E-state index >= 15 is 0 Å². The molecule has 2 aromatic rings. The van der Waals surface area contributed by atoms with E-state index in [-0.39, 0.29) is 17.9 Å². The quantitative estimate of drug-likeness (QED) is 0.690. The molecule has 0 atom stereocenters. The molecule has 0 aliphatic rings. The molecule has 0 bridgehead atoms. The van der Waals surface area contributed by atoms with Gasteiger partial charge >= 0.3 is 0 Å². The fourth-order valence-corrected chi connectivity index (χ4v) is 2.15. The Balaban J connectivity index is 2.23. The van der Waals surface area contributed by atoms with Crippen molar-refractivity contribution in [2.24, 2.45) is 0 Å². The number of hydrogen-bond donors (Lipinski definition) is 1. The van der Waals surface area contributed by atoms with Crippen molar-refractivity contribution in [3.05, 3.63) is 67.6 Å². The van der Waals surface area contributed by atoms with Crippen LogP contribution in [0.2, 0.25) is 5.02 Å². The van der Waals surface area contributed by atoms with Gasteiger partial charge in [0, 0.05) is 22.8 Å². The van der Waals surface area contributed by atoms with Gasteiger partial charge in [-0.2, -0.15) is 0 Å². The SMILES string of the molecule is Cc1c([N+](=O)[O-])ccc(=O)n1CC(=O)Nc1cccc(Cl)c1. The summed E-state index contributed by atoms with van der Waals surface area (Å²) in [5.41, 5.74) is -0.0909. The highest BCUT2D eigenvalue weighted by Gasteiger charge is 2.16. The molecule has 1 aromatic heterocycles. The predicted octanol–water partition coefficient (Wildman–Crippen LogP) is 2.36. The Labute approximate surface area is 130 Å². The molecule has 0 radical (unpaired) electrons. The summed E-state index contributed by atoms with van der Waals surface area (Å²) in [6, 6.07) is 8.73. The number of halogens is 1. The summed E-state index contributed by atoms with van der Waals surface area (Å²) in [6.45, 7) is 1.10. The van der Waals surface area contributed by atoms with E-state index in [1.54, 1.807) is 24.3 Å². The number of pyridine rings is 1. The number of nitro groups is 1. The number of amides is 1. The van der Waals surface area contributed by atoms with Gasteiger partial charge < -0.3 is 5.32 Å². The molecule has 0 aliphatic heterocycles. The van der Waals surface area contributed by atoms with Crippen molar-refractivity contribution in [1.82, 2.24) is 4.57 Å². The fourth-order valence-electron chi connectivity index (χ4n) is 1.96. The number of nitrogens with one attached hydrogen (secondary N) is 1. The van der Waals surface area contributed by atoms with Crippen LogP contribution in [0.4, 0.5) is 11.4 Å². The first kappa shape index (κ1) is 15.7. The summed E-state index contributed by atoms with van der Waals surface area (Å²) in [4.78, 5) is 34.1. The van der Waals surface area contributed by atoms with Gasteiger partial charge in [0.15, 0.2) is 0 Å². The molecule has 22 heavy (non-hydrogen) atoms. The number of hydrogen-bond acceptors (Lipinski definition) is 4. The van der Waals surface area contributed by atoms with Crippen molar-refractivity contribution < 1.29 is 9.72 Å². The van der Waals surface area contributed by atoms with Crippen LogP contribution in [0.3, 0.4) is 0 Å². The van der Waals surface area contributed by atoms with Crippen molar-refractivity contribution in [2.45, 2.75) is 13.5 Å². The molecule has 0 saturated carbocycles. The Morgan fingerprint density at radius 1 is 1.36 bits per heavy atom. The first-order valence-electron chi connectivity index (χ1n) is 6.29. The average Bonchev–Trinajstić information content (AvgIpc) is 2.43. The van der Waals surface area contributed by atoms with Crippen molar-refractivity contribution in [3.63, 3.8) is 0 Å². The number of aromatic nitrogens is 1. The summed E-state index contributed by atoms with van der Waals surface area (Å²) >= 11 is 5.81. The third-order valence-corrected chi connectivity index (χ3v) is 3.27. The van der Waals surface area contributed by atoms with Crippen LogP contribution < -0.4 is 10.9 Å². The number of nitrogens with zero attached hydrogens (tertiary/aromatic N) is 2. The summed E-state index contributed by atoms with van der Waals surface area (Å²) < 4.78 is 1.05. The number of rotatable bonds is 4. The smallest absolute Gasteiger partial charge is 0.288 e. The molecule has 114 valence electrons. The maximum Gasteiger partial charge on any atom is 0.288 e. The largest absolute Gasteiger partial charge is 0.324 e. The highest BCUT2D eigenvalue weighted by atomic mass is 35.5. The standard InChI is InChI=1S/C14H12ClN3O4/c1-9-12(18(21)22)5-6-14(20)17(9)8-13(19)16-11-4-2-3-10(15)7-11/h2-7H,8H2,1H3,(H,16,19). The number of benzene rings is 1. The molecule has 0 unspecified atom stereocenters. The van der Waals surface area contributed by atoms with Gasteiger partial charge in [-0.15, -0.1) is 0 Å². The van der Waals surface area contributed by atoms with Gasteiger partial charge in [0.2, 0.25) is 5.91 Å². The molecule has 0 saturated heterocycles. The van der Waals surface area contributed by atoms with E-state index in [1.165, 1.54) is 6.92 Å². The van der Waals surface area contributed by atoms with Crippen molar-refractivity contribution in [2.75, 3.05) is 5.32 Å². The second-order valence-electron chi connectivity index (χ2n) is 4.54. The molecular formula is C14H12ClN3O4. The van der Waals surface area contributed by atoms with Crippen LogP contribution in [0.25, 0.3) is 0 Å². The van der Waals surface area contributed by atoms with E-state index in [0.29, 0.717) is 10.7 Å². The molecule has 1 heterocycles. The number of anilines is 1. The van der Waals surface area contributed by atoms with Crippen LogP contribution in [0.15, 0.2) is 41.2 Å². The van der Waals surface area contributed by atoms with E-state index in [1.807, 2.05) is 0 Å². The lowest BCUT2D eigenvalue weighted by molar-refractivity contribution is -0.386. The molecule has 0 fully saturated rings. The van der Waals surface area contributed by atoms with Gasteiger partial charge in [-0.3, -0.25) is 24.3 Å². The maximum absolute atomic E-state index is 12.0. The van der Waals surface area contributed by atoms with Crippen molar-refractivity contribution in [1.29, 1.82) is 0 Å². The minimum absolute atomic E-state index is 0.124. The minimum Gasteiger partial charge on any atom is -0.324 e. The Morgan fingerprint density at radius 3 is 2.73 bits per heavy atom. The lowest BCUT2D eigenvalue weighted by Crippen LogP contribution is -2.29. The molecule has 0 aliphatic carbocycles. The monoisotopic (exact) mass is 321 g/mol. The summed E-state index contributed by atoms with van der Waals surface area (Å²) in [6.07, 6.45) is 0. The predicted molar refractivity (Wildman–Crippen MR) is 82.2 cm³/mol. The van der Waals surface area contributed by atoms with E-state index in [0.717, 1.165) is 16.7 Å². The van der Waals surface area contributed by atoms with Crippen LogP contribution in [0.1, 0.15) is 5.69 Å². The Morgan fingerprint density at radius 2 is 2.09 bits per heavy atom. The first-order valence-corrected chi connectivity index (χ1v) is 6.66. The third kappa shape index (κ3) is 3.50. The molecule has 1 aromatic carbocycles. The topological polar surface area (TPSA) is 94.2 Å². The van der Waals surface area contributed by atoms with Gasteiger partial charge in [-0.05, 0) is 25.1 Å². The van der Waals surface area contributed by atoms with Crippen LogP contribution in [0, 0.1) is 17.0 Å². The van der Waals surface area contributed by atoms with Gasteiger partial charge in [-0.1, -0.05) is 17.7 Å². The van der Waals surface area contributed by atoms with Crippen LogP contribution in [-0.2, 0) is 11.3 Å². The number of carbonyl (C=O) groups is 1. The highest BCUT2D eigenvalue weighted by molar-refractivity contribution is 6.30. The molecular weight excluding hydrogens is 310 g/mol. The van der Waals surface area contributed by atoms with Gasteiger partial charge in [0.1, 0.15) is 6.54 Å². The second-order valence-corrected chi connectivity index (χ2v) is 4.98. The summed E-state index contributed by atoms with van der Waals surface area (Å²) in [5, 5.41) is 13.9. The lowest BCUT2D eigenvalue weighted by atomic mass is 10.3. The molecule has 1 amide bonds. The third-order valence-electron chi connectivity index (χ3n) is 3.03. The van der Waals surface area contributed by atoms with Crippen molar-refractivity contribution in [3.8, 4) is 0 Å². The zero-order valence-electron chi connectivity index (χ0n) is 11.6. The van der Waals surface area contributed by atoms with Gasteiger partial charge in [-0.25, -0.2) is 0 Å². The van der Waals surface area contributed by atoms with Crippen molar-refractivity contribution >= 4 is 28.9 Å². The molecule has 8 heteroatoms. The van der Waals surface area contributed by atoms with E-state index in [2.05, 4.69) is 5.32 Å². The zero-order chi connectivity index (χ0) is 16.3. The Bertz CT molecular complexity index is 801. The molecule has 1 N–H and O–H groups in total. The summed E-state index contributed by atoms with van der Waals surface area (Å²) in [5.74, 6) is -0.479. The van der Waals surface area contributed by atoms with Crippen LogP contribution in [-0.4, -0.2) is 15.4 Å². The van der Waals surface area contributed by atoms with Crippen LogP contribution >= 0.6 is 11.6 Å². The maximum atomic E-state index is 12.0. The molecule has 0 spiro atoms. The zero-order valence-corrected chi connectivity index (χ0v) is 12.3. The number of carbonyl (C=O) groups excluding carboxylic acids is 1. The van der Waals surface area contributed by atoms with E-state index < -0.39 is 16.4 Å². The lowest BCUT2D eigenvalue weighted by Gasteiger charge is -2.10. The Hall–Kier alpha value is -2.67. The molecule has 2 rings (SSSR count). The summed E-state index contributed by atoms with van der Waals surface area (Å²) in [7, 11) is 0. The van der Waals surface area contributed by atoms with Gasteiger partial charge in [0.05, 0.1) is 10.6 Å². The fraction of sp³-hybridized carbons (Fsp3) is 0.143. The Kier molecular flexibility index (Phi) is 4.57. The average molecular weight is 322 g/mol. The normalized spacial score (nSPS) is 10.3. The molecule has 7 nitrogen and oxygen atoms in total. The highest BCUT2D eigenvalue weighted by Crippen LogP contribution is 2.16. The second kappa shape index (κ2) is 6.40. The van der Waals surface area contributed by atoms with Crippen LogP contribution in [0.5, 0.6) is 0 Å². The van der Waals surface area contributed by atoms with E-state index in [9.17, 15) is 19.7 Å². The van der Waals surface area contributed by atoms with E-state index in [4.69, 9.17) is 11.6 Å². The minimum atomic E-state index is -0.597. The first-order chi connectivity index (χ1) is 10.4.